The average molecular weight is 276 g/mol. The molecule has 1 fully saturated rings. The lowest BCUT2D eigenvalue weighted by Gasteiger charge is -2.26. The van der Waals surface area contributed by atoms with Crippen molar-refractivity contribution < 1.29 is 4.74 Å². The fraction of sp³-hybridized carbons (Fsp3) is 0.647. The maximum Gasteiger partial charge on any atom is 0.144 e. The molecule has 1 heterocycles. The summed E-state index contributed by atoms with van der Waals surface area (Å²) in [5.41, 5.74) is 8.24. The molecule has 3 heteroatoms. The fourth-order valence-electron chi connectivity index (χ4n) is 2.98. The van der Waals surface area contributed by atoms with Crippen LogP contribution in [-0.4, -0.2) is 19.2 Å². The zero-order valence-corrected chi connectivity index (χ0v) is 13.1. The van der Waals surface area contributed by atoms with Gasteiger partial charge in [-0.05, 0) is 51.2 Å². The van der Waals surface area contributed by atoms with Gasteiger partial charge in [0, 0.05) is 13.1 Å². The minimum absolute atomic E-state index is 0.154. The van der Waals surface area contributed by atoms with E-state index in [1.165, 1.54) is 25.7 Å². The molecule has 0 radical (unpaired) electrons. The van der Waals surface area contributed by atoms with E-state index in [0.717, 1.165) is 36.1 Å². The van der Waals surface area contributed by atoms with Gasteiger partial charge in [-0.1, -0.05) is 19.4 Å². The van der Waals surface area contributed by atoms with Crippen LogP contribution in [0.25, 0.3) is 0 Å². The summed E-state index contributed by atoms with van der Waals surface area (Å²) in [4.78, 5) is 2.43. The first-order chi connectivity index (χ1) is 9.61. The highest BCUT2D eigenvalue weighted by Gasteiger charge is 2.19. The van der Waals surface area contributed by atoms with E-state index in [0.29, 0.717) is 0 Å². The van der Waals surface area contributed by atoms with Gasteiger partial charge in [0.15, 0.2) is 0 Å². The minimum atomic E-state index is 0.154. The Labute approximate surface area is 123 Å². The van der Waals surface area contributed by atoms with Crippen molar-refractivity contribution in [2.45, 2.75) is 52.6 Å². The van der Waals surface area contributed by atoms with Gasteiger partial charge < -0.3 is 15.4 Å². The molecule has 3 nitrogen and oxygen atoms in total. The highest BCUT2D eigenvalue weighted by atomic mass is 16.5. The smallest absolute Gasteiger partial charge is 0.144 e. The van der Waals surface area contributed by atoms with E-state index in [9.17, 15) is 0 Å². The van der Waals surface area contributed by atoms with Gasteiger partial charge in [-0.25, -0.2) is 0 Å². The van der Waals surface area contributed by atoms with Gasteiger partial charge in [0.25, 0.3) is 0 Å². The average Bonchev–Trinajstić information content (AvgIpc) is 2.66. The van der Waals surface area contributed by atoms with Crippen LogP contribution in [0.15, 0.2) is 18.2 Å². The number of para-hydroxylation sites is 1. The number of benzene rings is 1. The first kappa shape index (κ1) is 15.0. The topological polar surface area (TPSA) is 38.5 Å². The zero-order valence-electron chi connectivity index (χ0n) is 13.1. The van der Waals surface area contributed by atoms with Crippen molar-refractivity contribution in [3.63, 3.8) is 0 Å². The Kier molecular flexibility index (Phi) is 5.16. The Morgan fingerprint density at radius 2 is 2.10 bits per heavy atom. The zero-order chi connectivity index (χ0) is 14.5. The van der Waals surface area contributed by atoms with Crippen LogP contribution in [0.1, 0.15) is 46.5 Å². The van der Waals surface area contributed by atoms with Crippen LogP contribution in [-0.2, 0) is 0 Å². The van der Waals surface area contributed by atoms with Crippen LogP contribution >= 0.6 is 0 Å². The molecular formula is C17H28N2O. The van der Waals surface area contributed by atoms with Gasteiger partial charge in [-0.15, -0.1) is 0 Å². The Morgan fingerprint density at radius 1 is 1.30 bits per heavy atom. The molecule has 0 bridgehead atoms. The lowest BCUT2D eigenvalue weighted by atomic mass is 9.98. The summed E-state index contributed by atoms with van der Waals surface area (Å²) in [5, 5.41) is 0. The number of nitrogens with zero attached hydrogens (tertiary/aromatic N) is 1. The quantitative estimate of drug-likeness (QED) is 0.842. The summed E-state index contributed by atoms with van der Waals surface area (Å²) < 4.78 is 5.80. The third-order valence-electron chi connectivity index (χ3n) is 4.17. The highest BCUT2D eigenvalue weighted by Crippen LogP contribution is 2.34. The molecule has 112 valence electrons. The molecule has 1 unspecified atom stereocenters. The molecule has 1 atom stereocenters. The molecule has 0 aromatic heterocycles. The summed E-state index contributed by atoms with van der Waals surface area (Å²) in [6, 6.07) is 6.13. The number of nitrogen functional groups attached to an aromatic ring is 1. The second kappa shape index (κ2) is 6.87. The molecule has 1 aromatic rings. The molecule has 0 amide bonds. The van der Waals surface area contributed by atoms with Crippen molar-refractivity contribution in [1.82, 2.24) is 0 Å². The predicted molar refractivity (Wildman–Crippen MR) is 86.5 cm³/mol. The molecule has 1 saturated heterocycles. The Balaban J connectivity index is 2.15. The lowest BCUT2D eigenvalue weighted by molar-refractivity contribution is 0.244. The molecule has 1 aliphatic rings. The fourth-order valence-corrected chi connectivity index (χ4v) is 2.98. The minimum Gasteiger partial charge on any atom is -0.489 e. The molecule has 20 heavy (non-hydrogen) atoms. The van der Waals surface area contributed by atoms with E-state index in [-0.39, 0.29) is 6.10 Å². The standard InChI is InChI=1S/C17H28N2O/c1-4-14-7-6-11-19(12-10-14)15-8-5-9-16(17(15)18)20-13(2)3/h5,8-9,13-14H,4,6-7,10-12,18H2,1-3H3. The van der Waals surface area contributed by atoms with Crippen molar-refractivity contribution in [1.29, 1.82) is 0 Å². The van der Waals surface area contributed by atoms with Crippen LogP contribution in [0.3, 0.4) is 0 Å². The first-order valence-electron chi connectivity index (χ1n) is 7.92. The molecule has 0 saturated carbocycles. The van der Waals surface area contributed by atoms with Crippen LogP contribution in [0.2, 0.25) is 0 Å². The van der Waals surface area contributed by atoms with Crippen LogP contribution in [0.4, 0.5) is 11.4 Å². The van der Waals surface area contributed by atoms with Crippen LogP contribution in [0.5, 0.6) is 5.75 Å². The maximum atomic E-state index is 6.31. The third kappa shape index (κ3) is 3.59. The number of hydrogen-bond acceptors (Lipinski definition) is 3. The van der Waals surface area contributed by atoms with Gasteiger partial charge in [-0.3, -0.25) is 0 Å². The predicted octanol–water partition coefficient (Wildman–Crippen LogP) is 4.07. The monoisotopic (exact) mass is 276 g/mol. The Morgan fingerprint density at radius 3 is 2.80 bits per heavy atom. The summed E-state index contributed by atoms with van der Waals surface area (Å²) in [5.74, 6) is 1.69. The number of ether oxygens (including phenoxy) is 1. The SMILES string of the molecule is CCC1CCCN(c2cccc(OC(C)C)c2N)CC1. The molecule has 1 aliphatic heterocycles. The van der Waals surface area contributed by atoms with Crippen molar-refractivity contribution in [3.8, 4) is 5.75 Å². The van der Waals surface area contributed by atoms with E-state index < -0.39 is 0 Å². The van der Waals surface area contributed by atoms with E-state index >= 15 is 0 Å². The maximum absolute atomic E-state index is 6.31. The molecular weight excluding hydrogens is 248 g/mol. The Hall–Kier alpha value is -1.38. The van der Waals surface area contributed by atoms with E-state index in [1.807, 2.05) is 26.0 Å². The first-order valence-corrected chi connectivity index (χ1v) is 7.92. The van der Waals surface area contributed by atoms with Crippen molar-refractivity contribution >= 4 is 11.4 Å². The van der Waals surface area contributed by atoms with Gasteiger partial charge in [-0.2, -0.15) is 0 Å². The highest BCUT2D eigenvalue weighted by molar-refractivity contribution is 5.74. The molecule has 1 aromatic carbocycles. The van der Waals surface area contributed by atoms with E-state index in [1.54, 1.807) is 0 Å². The van der Waals surface area contributed by atoms with Crippen molar-refractivity contribution in [2.75, 3.05) is 23.7 Å². The van der Waals surface area contributed by atoms with Crippen molar-refractivity contribution in [3.05, 3.63) is 18.2 Å². The van der Waals surface area contributed by atoms with Gasteiger partial charge in [0.05, 0.1) is 17.5 Å². The largest absolute Gasteiger partial charge is 0.489 e. The van der Waals surface area contributed by atoms with Crippen LogP contribution < -0.4 is 15.4 Å². The third-order valence-corrected chi connectivity index (χ3v) is 4.17. The van der Waals surface area contributed by atoms with E-state index in [4.69, 9.17) is 10.5 Å². The molecule has 0 aliphatic carbocycles. The number of anilines is 2. The van der Waals surface area contributed by atoms with Gasteiger partial charge in [0.1, 0.15) is 5.75 Å². The lowest BCUT2D eigenvalue weighted by Crippen LogP contribution is -2.25. The van der Waals surface area contributed by atoms with Gasteiger partial charge >= 0.3 is 0 Å². The summed E-state index contributed by atoms with van der Waals surface area (Å²) in [6.07, 6.45) is 5.31. The second-order valence-corrected chi connectivity index (χ2v) is 6.05. The molecule has 2 rings (SSSR count). The molecule has 0 spiro atoms. The van der Waals surface area contributed by atoms with Crippen LogP contribution in [0, 0.1) is 5.92 Å². The summed E-state index contributed by atoms with van der Waals surface area (Å²) in [7, 11) is 0. The van der Waals surface area contributed by atoms with Gasteiger partial charge in [0.2, 0.25) is 0 Å². The number of rotatable bonds is 4. The normalized spacial score (nSPS) is 20.0. The second-order valence-electron chi connectivity index (χ2n) is 6.05. The summed E-state index contributed by atoms with van der Waals surface area (Å²) in [6.45, 7) is 8.57. The number of nitrogens with two attached hydrogens (primary N) is 1. The number of hydrogen-bond donors (Lipinski definition) is 1. The summed E-state index contributed by atoms with van der Waals surface area (Å²) >= 11 is 0. The van der Waals surface area contributed by atoms with Crippen molar-refractivity contribution in [2.24, 2.45) is 5.92 Å². The Bertz CT molecular complexity index is 431. The molecule has 2 N–H and O–H groups in total. The van der Waals surface area contributed by atoms with E-state index in [2.05, 4.69) is 17.9 Å².